The summed E-state index contributed by atoms with van der Waals surface area (Å²) in [6.07, 6.45) is 3.36. The summed E-state index contributed by atoms with van der Waals surface area (Å²) in [6.45, 7) is 3.67. The number of hydrogen-bond donors (Lipinski definition) is 0. The van der Waals surface area contributed by atoms with Crippen molar-refractivity contribution in [2.75, 3.05) is 26.2 Å². The lowest BCUT2D eigenvalue weighted by molar-refractivity contribution is 0.0617. The van der Waals surface area contributed by atoms with Crippen LogP contribution in [0.1, 0.15) is 16.2 Å². The van der Waals surface area contributed by atoms with Gasteiger partial charge < -0.3 is 4.90 Å². The largest absolute Gasteiger partial charge is 0.333 e. The molecule has 1 aromatic carbocycles. The van der Waals surface area contributed by atoms with E-state index in [0.717, 1.165) is 30.2 Å². The summed E-state index contributed by atoms with van der Waals surface area (Å²) in [6, 6.07) is 9.61. The van der Waals surface area contributed by atoms with Crippen LogP contribution in [0.4, 0.5) is 0 Å². The van der Waals surface area contributed by atoms with Crippen LogP contribution in [0.2, 0.25) is 5.02 Å². The van der Waals surface area contributed by atoms with E-state index >= 15 is 0 Å². The first kappa shape index (κ1) is 16.0. The Morgan fingerprint density at radius 1 is 1.12 bits per heavy atom. The number of rotatable bonds is 3. The fourth-order valence-electron chi connectivity index (χ4n) is 2.94. The summed E-state index contributed by atoms with van der Waals surface area (Å²) in [4.78, 5) is 25.0. The summed E-state index contributed by atoms with van der Waals surface area (Å²) < 4.78 is 1.51. The predicted octanol–water partition coefficient (Wildman–Crippen LogP) is 1.74. The van der Waals surface area contributed by atoms with Crippen molar-refractivity contribution in [3.63, 3.8) is 0 Å². The molecule has 3 heterocycles. The predicted molar refractivity (Wildman–Crippen MR) is 93.4 cm³/mol. The molecule has 8 heteroatoms. The molecular weight excluding hydrogens is 340 g/mol. The van der Waals surface area contributed by atoms with Gasteiger partial charge in [0.15, 0.2) is 0 Å². The first-order valence-corrected chi connectivity index (χ1v) is 8.51. The third kappa shape index (κ3) is 3.33. The number of benzene rings is 1. The van der Waals surface area contributed by atoms with Gasteiger partial charge in [0.1, 0.15) is 0 Å². The normalized spacial score (nSPS) is 15.6. The van der Waals surface area contributed by atoms with Crippen LogP contribution in [-0.2, 0) is 6.54 Å². The molecule has 128 valence electrons. The van der Waals surface area contributed by atoms with Crippen LogP contribution in [0.3, 0.4) is 0 Å². The smallest absolute Gasteiger partial charge is 0.293 e. The van der Waals surface area contributed by atoms with E-state index in [1.54, 1.807) is 23.4 Å². The Bertz CT molecular complexity index is 870. The van der Waals surface area contributed by atoms with Gasteiger partial charge in [0.25, 0.3) is 11.7 Å². The molecule has 0 N–H and O–H groups in total. The van der Waals surface area contributed by atoms with Gasteiger partial charge in [-0.1, -0.05) is 29.8 Å². The van der Waals surface area contributed by atoms with Gasteiger partial charge in [0.2, 0.25) is 5.82 Å². The van der Waals surface area contributed by atoms with Gasteiger partial charge in [-0.3, -0.25) is 9.69 Å². The van der Waals surface area contributed by atoms with Gasteiger partial charge in [-0.25, -0.2) is 9.50 Å². The lowest BCUT2D eigenvalue weighted by Crippen LogP contribution is -2.48. The second-order valence-corrected chi connectivity index (χ2v) is 6.37. The molecule has 1 amide bonds. The highest BCUT2D eigenvalue weighted by Gasteiger charge is 2.25. The lowest BCUT2D eigenvalue weighted by atomic mass is 10.2. The van der Waals surface area contributed by atoms with Gasteiger partial charge in [-0.05, 0) is 17.7 Å². The first-order chi connectivity index (χ1) is 12.2. The molecule has 2 aromatic heterocycles. The van der Waals surface area contributed by atoms with Crippen molar-refractivity contribution < 1.29 is 4.79 Å². The van der Waals surface area contributed by atoms with Crippen molar-refractivity contribution >= 4 is 23.3 Å². The number of halogens is 1. The van der Waals surface area contributed by atoms with Crippen molar-refractivity contribution in [3.05, 3.63) is 59.1 Å². The van der Waals surface area contributed by atoms with E-state index in [1.807, 2.05) is 24.3 Å². The number of nitrogens with zero attached hydrogens (tertiary/aromatic N) is 6. The molecule has 0 unspecified atom stereocenters. The molecule has 1 fully saturated rings. The Hall–Kier alpha value is -2.51. The quantitative estimate of drug-likeness (QED) is 0.715. The number of piperazine rings is 1. The molecule has 0 radical (unpaired) electrons. The summed E-state index contributed by atoms with van der Waals surface area (Å²) >= 11 is 6.23. The summed E-state index contributed by atoms with van der Waals surface area (Å²) in [5.74, 6) is 0.476. The van der Waals surface area contributed by atoms with E-state index in [2.05, 4.69) is 20.0 Å². The third-order valence-corrected chi connectivity index (χ3v) is 4.69. The number of amides is 1. The zero-order valence-corrected chi connectivity index (χ0v) is 14.3. The fourth-order valence-corrected chi connectivity index (χ4v) is 3.14. The highest BCUT2D eigenvalue weighted by atomic mass is 35.5. The molecule has 0 atom stereocenters. The standard InChI is InChI=1S/C17H17ClN6O/c18-14-5-2-1-4-13(14)12-22-8-10-23(11-9-22)16(25)15-20-17-19-6-3-7-24(17)21-15/h1-7H,8-12H2. The Labute approximate surface area is 149 Å². The van der Waals surface area contributed by atoms with E-state index in [1.165, 1.54) is 4.52 Å². The van der Waals surface area contributed by atoms with Crippen molar-refractivity contribution in [3.8, 4) is 0 Å². The maximum atomic E-state index is 12.6. The van der Waals surface area contributed by atoms with E-state index in [9.17, 15) is 4.79 Å². The fraction of sp³-hybridized carbons (Fsp3) is 0.294. The lowest BCUT2D eigenvalue weighted by Gasteiger charge is -2.34. The molecule has 1 saturated heterocycles. The van der Waals surface area contributed by atoms with Crippen LogP contribution in [0.15, 0.2) is 42.7 Å². The number of carbonyl (C=O) groups excluding carboxylic acids is 1. The average Bonchev–Trinajstić information content (AvgIpc) is 3.08. The maximum Gasteiger partial charge on any atom is 0.293 e. The highest BCUT2D eigenvalue weighted by Crippen LogP contribution is 2.18. The minimum atomic E-state index is -0.150. The number of hydrogen-bond acceptors (Lipinski definition) is 5. The minimum absolute atomic E-state index is 0.150. The van der Waals surface area contributed by atoms with Gasteiger partial charge >= 0.3 is 0 Å². The van der Waals surface area contributed by atoms with Crippen molar-refractivity contribution in [2.45, 2.75) is 6.54 Å². The summed E-state index contributed by atoms with van der Waals surface area (Å²) in [5, 5.41) is 4.99. The van der Waals surface area contributed by atoms with E-state index in [4.69, 9.17) is 11.6 Å². The molecule has 25 heavy (non-hydrogen) atoms. The Balaban J connectivity index is 1.39. The summed E-state index contributed by atoms with van der Waals surface area (Å²) in [5.41, 5.74) is 1.11. The molecule has 4 rings (SSSR count). The first-order valence-electron chi connectivity index (χ1n) is 8.13. The van der Waals surface area contributed by atoms with Gasteiger partial charge in [0, 0.05) is 50.1 Å². The van der Waals surface area contributed by atoms with Crippen LogP contribution < -0.4 is 0 Å². The molecule has 1 aliphatic rings. The molecule has 0 spiro atoms. The molecular formula is C17H17ClN6O. The number of aromatic nitrogens is 4. The van der Waals surface area contributed by atoms with E-state index in [-0.39, 0.29) is 11.7 Å². The molecule has 7 nitrogen and oxygen atoms in total. The molecule has 0 aliphatic carbocycles. The van der Waals surface area contributed by atoms with Gasteiger partial charge in [-0.2, -0.15) is 4.98 Å². The van der Waals surface area contributed by atoms with Crippen molar-refractivity contribution in [1.82, 2.24) is 29.4 Å². The summed E-state index contributed by atoms with van der Waals surface area (Å²) in [7, 11) is 0. The SMILES string of the molecule is O=C(c1nc2ncccn2n1)N1CCN(Cc2ccccc2Cl)CC1. The maximum absolute atomic E-state index is 12.6. The van der Waals surface area contributed by atoms with Crippen LogP contribution in [-0.4, -0.2) is 61.5 Å². The minimum Gasteiger partial charge on any atom is -0.333 e. The Kier molecular flexibility index (Phi) is 4.33. The van der Waals surface area contributed by atoms with E-state index in [0.29, 0.717) is 18.9 Å². The zero-order valence-electron chi connectivity index (χ0n) is 13.5. The average molecular weight is 357 g/mol. The molecule has 1 aliphatic heterocycles. The molecule has 0 saturated carbocycles. The zero-order chi connectivity index (χ0) is 17.2. The van der Waals surface area contributed by atoms with Crippen LogP contribution >= 0.6 is 11.6 Å². The van der Waals surface area contributed by atoms with Gasteiger partial charge in [0.05, 0.1) is 0 Å². The third-order valence-electron chi connectivity index (χ3n) is 4.32. The second-order valence-electron chi connectivity index (χ2n) is 5.96. The van der Waals surface area contributed by atoms with Crippen LogP contribution in [0.25, 0.3) is 5.78 Å². The Morgan fingerprint density at radius 2 is 1.92 bits per heavy atom. The second kappa shape index (κ2) is 6.78. The number of fused-ring (bicyclic) bond motifs is 1. The molecule has 3 aromatic rings. The van der Waals surface area contributed by atoms with Gasteiger partial charge in [-0.15, -0.1) is 5.10 Å². The number of carbonyl (C=O) groups is 1. The monoisotopic (exact) mass is 356 g/mol. The Morgan fingerprint density at radius 3 is 2.68 bits per heavy atom. The van der Waals surface area contributed by atoms with Crippen molar-refractivity contribution in [2.24, 2.45) is 0 Å². The highest BCUT2D eigenvalue weighted by molar-refractivity contribution is 6.31. The topological polar surface area (TPSA) is 66.6 Å². The van der Waals surface area contributed by atoms with Crippen LogP contribution in [0.5, 0.6) is 0 Å². The van der Waals surface area contributed by atoms with Crippen molar-refractivity contribution in [1.29, 1.82) is 0 Å². The van der Waals surface area contributed by atoms with Crippen LogP contribution in [0, 0.1) is 0 Å². The molecule has 0 bridgehead atoms. The van der Waals surface area contributed by atoms with E-state index < -0.39 is 0 Å².